The van der Waals surface area contributed by atoms with Gasteiger partial charge < -0.3 is 0 Å². The average molecular weight is 285 g/mol. The van der Waals surface area contributed by atoms with Crippen molar-refractivity contribution in [3.8, 4) is 16.6 Å². The third kappa shape index (κ3) is 2.03. The van der Waals surface area contributed by atoms with Crippen molar-refractivity contribution in [3.05, 3.63) is 26.3 Å². The van der Waals surface area contributed by atoms with Gasteiger partial charge >= 0.3 is 0 Å². The monoisotopic (exact) mass is 284 g/mol. The van der Waals surface area contributed by atoms with E-state index in [1.807, 2.05) is 16.8 Å². The summed E-state index contributed by atoms with van der Waals surface area (Å²) < 4.78 is 1.08. The lowest BCUT2D eigenvalue weighted by Gasteiger charge is -1.86. The molecule has 0 saturated heterocycles. The summed E-state index contributed by atoms with van der Waals surface area (Å²) >= 11 is 6.59. The number of nitrogens with zero attached hydrogens (tertiary/aromatic N) is 2. The van der Waals surface area contributed by atoms with Gasteiger partial charge in [-0.25, -0.2) is 4.98 Å². The third-order valence-corrected chi connectivity index (χ3v) is 4.16. The Bertz CT molecular complexity index is 481. The fraction of sp³-hybridized carbons (Fsp3) is 0.111. The van der Waals surface area contributed by atoms with E-state index in [2.05, 4.69) is 27.0 Å². The number of thiophene rings is 1. The lowest BCUT2D eigenvalue weighted by molar-refractivity contribution is 1.19. The van der Waals surface area contributed by atoms with Crippen molar-refractivity contribution in [1.82, 2.24) is 4.98 Å². The molecule has 0 atom stereocenters. The summed E-state index contributed by atoms with van der Waals surface area (Å²) in [5.74, 6) is 0. The molecule has 0 aliphatic heterocycles. The van der Waals surface area contributed by atoms with Gasteiger partial charge in [0, 0.05) is 15.2 Å². The fourth-order valence-electron chi connectivity index (χ4n) is 1.02. The van der Waals surface area contributed by atoms with Crippen LogP contribution in [-0.2, 0) is 6.42 Å². The van der Waals surface area contributed by atoms with Crippen LogP contribution in [0.25, 0.3) is 10.6 Å². The zero-order valence-electron chi connectivity index (χ0n) is 7.03. The van der Waals surface area contributed by atoms with Crippen molar-refractivity contribution in [2.24, 2.45) is 0 Å². The van der Waals surface area contributed by atoms with E-state index in [0.29, 0.717) is 6.42 Å². The number of hydrogen-bond acceptors (Lipinski definition) is 4. The molecule has 0 amide bonds. The van der Waals surface area contributed by atoms with E-state index in [1.54, 1.807) is 11.3 Å². The standard InChI is InChI=1S/C9H5BrN2S2/c10-6-3-8(13-4-6)7-5-14-9(12-7)1-2-11/h3-5H,1H2. The first-order valence-corrected chi connectivity index (χ1v) is 6.40. The molecule has 2 heterocycles. The quantitative estimate of drug-likeness (QED) is 0.843. The molecule has 2 aromatic heterocycles. The fourth-order valence-corrected chi connectivity index (χ4v) is 3.21. The second-order valence-electron chi connectivity index (χ2n) is 2.59. The second kappa shape index (κ2) is 4.22. The van der Waals surface area contributed by atoms with Crippen molar-refractivity contribution in [2.45, 2.75) is 6.42 Å². The summed E-state index contributed by atoms with van der Waals surface area (Å²) in [5, 5.41) is 13.4. The first kappa shape index (κ1) is 9.84. The summed E-state index contributed by atoms with van der Waals surface area (Å²) in [6, 6.07) is 4.13. The van der Waals surface area contributed by atoms with Crippen LogP contribution in [0, 0.1) is 11.3 Å². The highest BCUT2D eigenvalue weighted by Gasteiger charge is 2.06. The molecule has 2 aromatic rings. The van der Waals surface area contributed by atoms with Crippen LogP contribution in [0.5, 0.6) is 0 Å². The Morgan fingerprint density at radius 3 is 2.93 bits per heavy atom. The van der Waals surface area contributed by atoms with Gasteiger partial charge in [0.2, 0.25) is 0 Å². The van der Waals surface area contributed by atoms with E-state index >= 15 is 0 Å². The molecule has 2 rings (SSSR count). The van der Waals surface area contributed by atoms with Gasteiger partial charge in [0.1, 0.15) is 5.01 Å². The van der Waals surface area contributed by atoms with Gasteiger partial charge in [0.05, 0.1) is 23.1 Å². The van der Waals surface area contributed by atoms with E-state index in [9.17, 15) is 0 Å². The maximum absolute atomic E-state index is 8.52. The van der Waals surface area contributed by atoms with Crippen molar-refractivity contribution in [2.75, 3.05) is 0 Å². The van der Waals surface area contributed by atoms with Crippen LogP contribution in [0.15, 0.2) is 21.3 Å². The highest BCUT2D eigenvalue weighted by atomic mass is 79.9. The molecule has 0 spiro atoms. The minimum atomic E-state index is 0.400. The topological polar surface area (TPSA) is 36.7 Å². The van der Waals surface area contributed by atoms with E-state index in [0.717, 1.165) is 20.1 Å². The van der Waals surface area contributed by atoms with Gasteiger partial charge in [-0.2, -0.15) is 5.26 Å². The SMILES string of the molecule is N#CCc1nc(-c2cc(Br)cs2)cs1. The number of aromatic nitrogens is 1. The van der Waals surface area contributed by atoms with Crippen LogP contribution in [0.3, 0.4) is 0 Å². The van der Waals surface area contributed by atoms with E-state index in [1.165, 1.54) is 11.3 Å². The molecule has 0 aromatic carbocycles. The Morgan fingerprint density at radius 1 is 1.43 bits per heavy atom. The number of rotatable bonds is 2. The smallest absolute Gasteiger partial charge is 0.107 e. The molecule has 5 heteroatoms. The van der Waals surface area contributed by atoms with Crippen molar-refractivity contribution in [1.29, 1.82) is 5.26 Å². The summed E-state index contributed by atoms with van der Waals surface area (Å²) in [4.78, 5) is 5.51. The van der Waals surface area contributed by atoms with Gasteiger partial charge in [-0.1, -0.05) is 0 Å². The Labute approximate surface area is 98.0 Å². The predicted octanol–water partition coefficient (Wildman–Crippen LogP) is 3.70. The minimum absolute atomic E-state index is 0.400. The molecule has 0 radical (unpaired) electrons. The van der Waals surface area contributed by atoms with Gasteiger partial charge in [0.15, 0.2) is 0 Å². The Hall–Kier alpha value is -0.700. The Balaban J connectivity index is 2.30. The Morgan fingerprint density at radius 2 is 2.29 bits per heavy atom. The van der Waals surface area contributed by atoms with E-state index in [4.69, 9.17) is 5.26 Å². The molecule has 0 fully saturated rings. The molecule has 14 heavy (non-hydrogen) atoms. The van der Waals surface area contributed by atoms with Gasteiger partial charge in [-0.3, -0.25) is 0 Å². The van der Waals surface area contributed by atoms with Gasteiger partial charge in [0.25, 0.3) is 0 Å². The molecule has 0 unspecified atom stereocenters. The number of hydrogen-bond donors (Lipinski definition) is 0. The molecule has 0 aliphatic carbocycles. The number of nitriles is 1. The van der Waals surface area contributed by atoms with Gasteiger partial charge in [-0.05, 0) is 22.0 Å². The molecule has 0 N–H and O–H groups in total. The van der Waals surface area contributed by atoms with Crippen molar-refractivity contribution >= 4 is 38.6 Å². The molecule has 2 nitrogen and oxygen atoms in total. The lowest BCUT2D eigenvalue weighted by atomic mass is 10.4. The maximum atomic E-state index is 8.52. The van der Waals surface area contributed by atoms with E-state index in [-0.39, 0.29) is 0 Å². The summed E-state index contributed by atoms with van der Waals surface area (Å²) in [5.41, 5.74) is 0.968. The van der Waals surface area contributed by atoms with E-state index < -0.39 is 0 Å². The summed E-state index contributed by atoms with van der Waals surface area (Å²) in [6.45, 7) is 0. The molecule has 0 aliphatic rings. The summed E-state index contributed by atoms with van der Waals surface area (Å²) in [7, 11) is 0. The highest BCUT2D eigenvalue weighted by Crippen LogP contribution is 2.30. The van der Waals surface area contributed by atoms with Crippen LogP contribution in [0.2, 0.25) is 0 Å². The molecular weight excluding hydrogens is 280 g/mol. The number of halogens is 1. The molecule has 70 valence electrons. The first-order valence-electron chi connectivity index (χ1n) is 3.85. The zero-order chi connectivity index (χ0) is 9.97. The second-order valence-corrected chi connectivity index (χ2v) is 5.36. The highest BCUT2D eigenvalue weighted by molar-refractivity contribution is 9.10. The minimum Gasteiger partial charge on any atom is -0.239 e. The molecule has 0 saturated carbocycles. The van der Waals surface area contributed by atoms with Crippen molar-refractivity contribution < 1.29 is 0 Å². The molecular formula is C9H5BrN2S2. The summed E-state index contributed by atoms with van der Waals surface area (Å²) in [6.07, 6.45) is 0.400. The third-order valence-electron chi connectivity index (χ3n) is 1.60. The first-order chi connectivity index (χ1) is 6.79. The average Bonchev–Trinajstić information content (AvgIpc) is 2.74. The maximum Gasteiger partial charge on any atom is 0.107 e. The molecule has 0 bridgehead atoms. The normalized spacial score (nSPS) is 10.0. The van der Waals surface area contributed by atoms with Crippen LogP contribution >= 0.6 is 38.6 Å². The predicted molar refractivity (Wildman–Crippen MR) is 62.4 cm³/mol. The largest absolute Gasteiger partial charge is 0.239 e. The zero-order valence-corrected chi connectivity index (χ0v) is 10.2. The van der Waals surface area contributed by atoms with Crippen LogP contribution in [0.4, 0.5) is 0 Å². The van der Waals surface area contributed by atoms with Crippen LogP contribution < -0.4 is 0 Å². The Kier molecular flexibility index (Phi) is 2.96. The van der Waals surface area contributed by atoms with Crippen molar-refractivity contribution in [3.63, 3.8) is 0 Å². The van der Waals surface area contributed by atoms with Gasteiger partial charge in [-0.15, -0.1) is 22.7 Å². The number of thiazole rings is 1. The van der Waals surface area contributed by atoms with Crippen LogP contribution in [-0.4, -0.2) is 4.98 Å². The van der Waals surface area contributed by atoms with Crippen LogP contribution in [0.1, 0.15) is 5.01 Å². The lowest BCUT2D eigenvalue weighted by Crippen LogP contribution is -1.78.